The molecule has 0 saturated heterocycles. The van der Waals surface area contributed by atoms with Crippen LogP contribution in [-0.2, 0) is 11.2 Å². The number of halogens is 3. The minimum atomic E-state index is -1.01. The largest absolute Gasteiger partial charge is 0.486 e. The molecule has 0 unspecified atom stereocenters. The molecule has 1 N–H and O–H groups in total. The lowest BCUT2D eigenvalue weighted by Crippen LogP contribution is -2.17. The first kappa shape index (κ1) is 15.7. The predicted molar refractivity (Wildman–Crippen MR) is 83.8 cm³/mol. The van der Waals surface area contributed by atoms with Crippen LogP contribution in [0.5, 0.6) is 11.5 Å². The molecule has 0 saturated carbocycles. The average molecular weight is 384 g/mol. The van der Waals surface area contributed by atoms with Crippen molar-refractivity contribution in [3.63, 3.8) is 0 Å². The highest BCUT2D eigenvalue weighted by atomic mass is 79.9. The molecule has 1 amide bonds. The maximum Gasteiger partial charge on any atom is 0.228 e. The SMILES string of the molecule is O=C(Cc1cc2c(cc1Br)OCCO2)Nc1ccc(F)c(F)c1. The van der Waals surface area contributed by atoms with E-state index in [9.17, 15) is 13.6 Å². The fourth-order valence-corrected chi connectivity index (χ4v) is 2.66. The van der Waals surface area contributed by atoms with E-state index in [0.717, 1.165) is 12.1 Å². The van der Waals surface area contributed by atoms with Gasteiger partial charge in [-0.1, -0.05) is 15.9 Å². The third kappa shape index (κ3) is 3.61. The Kier molecular flexibility index (Phi) is 4.47. The molecule has 0 bridgehead atoms. The van der Waals surface area contributed by atoms with Gasteiger partial charge in [-0.3, -0.25) is 4.79 Å². The Morgan fingerprint density at radius 1 is 1.09 bits per heavy atom. The zero-order valence-corrected chi connectivity index (χ0v) is 13.5. The van der Waals surface area contributed by atoms with Crippen molar-refractivity contribution >= 4 is 27.5 Å². The van der Waals surface area contributed by atoms with Crippen LogP contribution in [0.2, 0.25) is 0 Å². The number of rotatable bonds is 3. The maximum absolute atomic E-state index is 13.1. The predicted octanol–water partition coefficient (Wildman–Crippen LogP) is 3.68. The Morgan fingerprint density at radius 3 is 2.48 bits per heavy atom. The molecule has 7 heteroatoms. The summed E-state index contributed by atoms with van der Waals surface area (Å²) in [7, 11) is 0. The summed E-state index contributed by atoms with van der Waals surface area (Å²) in [5.41, 5.74) is 0.900. The first-order valence-electron chi connectivity index (χ1n) is 6.86. The molecule has 3 rings (SSSR count). The Labute approximate surface area is 139 Å². The van der Waals surface area contributed by atoms with Crippen LogP contribution >= 0.6 is 15.9 Å². The van der Waals surface area contributed by atoms with E-state index in [4.69, 9.17) is 9.47 Å². The molecule has 0 spiro atoms. The highest BCUT2D eigenvalue weighted by Gasteiger charge is 2.16. The van der Waals surface area contributed by atoms with Gasteiger partial charge in [0.05, 0.1) is 6.42 Å². The molecule has 0 aromatic heterocycles. The number of amides is 1. The molecule has 120 valence electrons. The standard InChI is InChI=1S/C16H12BrF2NO3/c17-11-8-15-14(22-3-4-23-15)5-9(11)6-16(21)20-10-1-2-12(18)13(19)7-10/h1-2,5,7-8H,3-4,6H2,(H,20,21). The molecular formula is C16H12BrF2NO3. The van der Waals surface area contributed by atoms with Crippen LogP contribution in [0.3, 0.4) is 0 Å². The topological polar surface area (TPSA) is 47.6 Å². The summed E-state index contributed by atoms with van der Waals surface area (Å²) < 4.78 is 37.7. The monoisotopic (exact) mass is 383 g/mol. The van der Waals surface area contributed by atoms with E-state index >= 15 is 0 Å². The number of benzene rings is 2. The van der Waals surface area contributed by atoms with Crippen molar-refractivity contribution in [1.82, 2.24) is 0 Å². The van der Waals surface area contributed by atoms with Gasteiger partial charge in [0.15, 0.2) is 23.1 Å². The summed E-state index contributed by atoms with van der Waals surface area (Å²) in [6.45, 7) is 0.935. The zero-order valence-electron chi connectivity index (χ0n) is 11.9. The van der Waals surface area contributed by atoms with Crippen molar-refractivity contribution in [3.8, 4) is 11.5 Å². The number of anilines is 1. The smallest absolute Gasteiger partial charge is 0.228 e. The van der Waals surface area contributed by atoms with Crippen molar-refractivity contribution in [1.29, 1.82) is 0 Å². The van der Waals surface area contributed by atoms with Crippen LogP contribution in [0.1, 0.15) is 5.56 Å². The highest BCUT2D eigenvalue weighted by Crippen LogP contribution is 2.35. The van der Waals surface area contributed by atoms with Gasteiger partial charge >= 0.3 is 0 Å². The lowest BCUT2D eigenvalue weighted by molar-refractivity contribution is -0.115. The van der Waals surface area contributed by atoms with Crippen LogP contribution in [0.25, 0.3) is 0 Å². The Balaban J connectivity index is 1.73. The van der Waals surface area contributed by atoms with Crippen LogP contribution in [0, 0.1) is 11.6 Å². The van der Waals surface area contributed by atoms with Gasteiger partial charge in [0.25, 0.3) is 0 Å². The molecule has 1 aliphatic rings. The molecule has 1 heterocycles. The summed E-state index contributed by atoms with van der Waals surface area (Å²) in [5, 5.41) is 2.53. The number of ether oxygens (including phenoxy) is 2. The number of nitrogens with one attached hydrogen (secondary N) is 1. The van der Waals surface area contributed by atoms with Crippen molar-refractivity contribution in [2.24, 2.45) is 0 Å². The van der Waals surface area contributed by atoms with Gasteiger partial charge in [0.2, 0.25) is 5.91 Å². The lowest BCUT2D eigenvalue weighted by Gasteiger charge is -2.19. The third-order valence-electron chi connectivity index (χ3n) is 3.27. The molecule has 0 aliphatic carbocycles. The van der Waals surface area contributed by atoms with Crippen LogP contribution in [-0.4, -0.2) is 19.1 Å². The summed E-state index contributed by atoms with van der Waals surface area (Å²) in [5.74, 6) is -1.13. The van der Waals surface area contributed by atoms with E-state index in [-0.39, 0.29) is 18.0 Å². The van der Waals surface area contributed by atoms with E-state index in [0.29, 0.717) is 34.7 Å². The second-order valence-corrected chi connectivity index (χ2v) is 5.80. The minimum absolute atomic E-state index is 0.0518. The van der Waals surface area contributed by atoms with E-state index in [1.54, 1.807) is 12.1 Å². The van der Waals surface area contributed by atoms with Crippen LogP contribution < -0.4 is 14.8 Å². The van der Waals surface area contributed by atoms with Crippen LogP contribution in [0.15, 0.2) is 34.8 Å². The van der Waals surface area contributed by atoms with Gasteiger partial charge in [-0.25, -0.2) is 8.78 Å². The van der Waals surface area contributed by atoms with Gasteiger partial charge in [0.1, 0.15) is 13.2 Å². The second kappa shape index (κ2) is 6.54. The molecule has 0 atom stereocenters. The molecule has 23 heavy (non-hydrogen) atoms. The van der Waals surface area contributed by atoms with Crippen molar-refractivity contribution < 1.29 is 23.0 Å². The Hall–Kier alpha value is -2.15. The number of fused-ring (bicyclic) bond motifs is 1. The van der Waals surface area contributed by atoms with Gasteiger partial charge in [-0.15, -0.1) is 0 Å². The summed E-state index contributed by atoms with van der Waals surface area (Å²) in [6, 6.07) is 6.67. The van der Waals surface area contributed by atoms with Crippen LogP contribution in [0.4, 0.5) is 14.5 Å². The fourth-order valence-electron chi connectivity index (χ4n) is 2.19. The Morgan fingerprint density at radius 2 is 1.78 bits per heavy atom. The first-order chi connectivity index (χ1) is 11.0. The van der Waals surface area contributed by atoms with Crippen molar-refractivity contribution in [2.45, 2.75) is 6.42 Å². The van der Waals surface area contributed by atoms with Gasteiger partial charge < -0.3 is 14.8 Å². The lowest BCUT2D eigenvalue weighted by atomic mass is 10.1. The number of carbonyl (C=O) groups is 1. The molecule has 2 aromatic rings. The summed E-state index contributed by atoms with van der Waals surface area (Å²) in [4.78, 5) is 12.1. The van der Waals surface area contributed by atoms with E-state index in [1.807, 2.05) is 0 Å². The van der Waals surface area contributed by atoms with E-state index in [1.165, 1.54) is 6.07 Å². The normalized spacial score (nSPS) is 12.8. The average Bonchev–Trinajstić information content (AvgIpc) is 2.51. The molecule has 2 aromatic carbocycles. The van der Waals surface area contributed by atoms with Gasteiger partial charge in [0, 0.05) is 16.2 Å². The van der Waals surface area contributed by atoms with E-state index in [2.05, 4.69) is 21.2 Å². The first-order valence-corrected chi connectivity index (χ1v) is 7.65. The summed E-state index contributed by atoms with van der Waals surface area (Å²) in [6.07, 6.45) is 0.0518. The zero-order chi connectivity index (χ0) is 16.4. The number of hydrogen-bond donors (Lipinski definition) is 1. The highest BCUT2D eigenvalue weighted by molar-refractivity contribution is 9.10. The minimum Gasteiger partial charge on any atom is -0.486 e. The third-order valence-corrected chi connectivity index (χ3v) is 4.00. The number of carbonyl (C=O) groups excluding carboxylic acids is 1. The molecule has 0 fully saturated rings. The molecule has 1 aliphatic heterocycles. The second-order valence-electron chi connectivity index (χ2n) is 4.94. The van der Waals surface area contributed by atoms with Gasteiger partial charge in [-0.05, 0) is 29.8 Å². The van der Waals surface area contributed by atoms with Crippen molar-refractivity contribution in [3.05, 3.63) is 52.0 Å². The van der Waals surface area contributed by atoms with Crippen molar-refractivity contribution in [2.75, 3.05) is 18.5 Å². The fraction of sp³-hybridized carbons (Fsp3) is 0.188. The summed E-state index contributed by atoms with van der Waals surface area (Å²) >= 11 is 3.39. The quantitative estimate of drug-likeness (QED) is 0.879. The molecule has 0 radical (unpaired) electrons. The molecular weight excluding hydrogens is 372 g/mol. The maximum atomic E-state index is 13.1. The Bertz CT molecular complexity index is 767. The van der Waals surface area contributed by atoms with E-state index < -0.39 is 11.6 Å². The molecule has 4 nitrogen and oxygen atoms in total. The van der Waals surface area contributed by atoms with Gasteiger partial charge in [-0.2, -0.15) is 0 Å². The number of hydrogen-bond acceptors (Lipinski definition) is 3.